The molecule has 3 rings (SSSR count). The van der Waals surface area contributed by atoms with E-state index < -0.39 is 0 Å². The van der Waals surface area contributed by atoms with Gasteiger partial charge in [-0.1, -0.05) is 6.92 Å². The Morgan fingerprint density at radius 2 is 2.26 bits per heavy atom. The van der Waals surface area contributed by atoms with Crippen LogP contribution in [0.1, 0.15) is 44.1 Å². The minimum absolute atomic E-state index is 0.357. The van der Waals surface area contributed by atoms with E-state index in [9.17, 15) is 0 Å². The molecule has 0 radical (unpaired) electrons. The summed E-state index contributed by atoms with van der Waals surface area (Å²) in [4.78, 5) is 4.27. The van der Waals surface area contributed by atoms with Gasteiger partial charge in [-0.05, 0) is 56.0 Å². The van der Waals surface area contributed by atoms with Crippen LogP contribution in [0.4, 0.5) is 0 Å². The van der Waals surface area contributed by atoms with E-state index >= 15 is 0 Å². The maximum Gasteiger partial charge on any atom is 0.0334 e. The number of rotatable bonds is 4. The SMILES string of the molecule is CCc1ccsc1CN1CC(C)(C2CC2)NCC1C. The first-order valence-electron chi connectivity index (χ1n) is 7.66. The lowest BCUT2D eigenvalue weighted by molar-refractivity contribution is 0.0777. The van der Waals surface area contributed by atoms with Crippen molar-refractivity contribution in [3.8, 4) is 0 Å². The summed E-state index contributed by atoms with van der Waals surface area (Å²) >= 11 is 1.93. The van der Waals surface area contributed by atoms with E-state index in [-0.39, 0.29) is 0 Å². The summed E-state index contributed by atoms with van der Waals surface area (Å²) in [6.45, 7) is 10.5. The van der Waals surface area contributed by atoms with Crippen LogP contribution >= 0.6 is 11.3 Å². The Kier molecular flexibility index (Phi) is 3.71. The molecule has 1 aromatic rings. The number of hydrogen-bond donors (Lipinski definition) is 1. The molecule has 106 valence electrons. The molecule has 2 unspecified atom stereocenters. The topological polar surface area (TPSA) is 15.3 Å². The molecule has 1 N–H and O–H groups in total. The summed E-state index contributed by atoms with van der Waals surface area (Å²) in [5, 5.41) is 6.06. The molecule has 1 aliphatic heterocycles. The quantitative estimate of drug-likeness (QED) is 0.909. The zero-order valence-corrected chi connectivity index (χ0v) is 13.2. The van der Waals surface area contributed by atoms with Gasteiger partial charge in [0.15, 0.2) is 0 Å². The van der Waals surface area contributed by atoms with Crippen molar-refractivity contribution >= 4 is 11.3 Å². The fourth-order valence-electron chi connectivity index (χ4n) is 3.35. The largest absolute Gasteiger partial charge is 0.308 e. The number of piperazine rings is 1. The van der Waals surface area contributed by atoms with Gasteiger partial charge in [-0.25, -0.2) is 0 Å². The first-order chi connectivity index (χ1) is 9.12. The van der Waals surface area contributed by atoms with Crippen molar-refractivity contribution in [3.05, 3.63) is 21.9 Å². The second-order valence-electron chi connectivity index (χ2n) is 6.55. The van der Waals surface area contributed by atoms with Gasteiger partial charge >= 0.3 is 0 Å². The molecule has 0 aromatic carbocycles. The van der Waals surface area contributed by atoms with E-state index in [4.69, 9.17) is 0 Å². The lowest BCUT2D eigenvalue weighted by Crippen LogP contribution is -2.62. The van der Waals surface area contributed by atoms with E-state index in [0.717, 1.165) is 19.0 Å². The number of thiophene rings is 1. The average molecular weight is 278 g/mol. The fourth-order valence-corrected chi connectivity index (χ4v) is 4.36. The number of nitrogens with zero attached hydrogens (tertiary/aromatic N) is 1. The summed E-state index contributed by atoms with van der Waals surface area (Å²) in [5.74, 6) is 0.913. The minimum atomic E-state index is 0.357. The van der Waals surface area contributed by atoms with E-state index in [2.05, 4.69) is 42.4 Å². The molecule has 19 heavy (non-hydrogen) atoms. The molecule has 2 atom stereocenters. The van der Waals surface area contributed by atoms with Gasteiger partial charge in [-0.3, -0.25) is 4.90 Å². The van der Waals surface area contributed by atoms with E-state index in [1.165, 1.54) is 25.8 Å². The van der Waals surface area contributed by atoms with E-state index in [1.54, 1.807) is 10.4 Å². The molecule has 2 heterocycles. The van der Waals surface area contributed by atoms with Gasteiger partial charge in [0.1, 0.15) is 0 Å². The predicted molar refractivity (Wildman–Crippen MR) is 82.7 cm³/mol. The molecule has 0 spiro atoms. The Morgan fingerprint density at radius 3 is 2.95 bits per heavy atom. The van der Waals surface area contributed by atoms with Gasteiger partial charge in [-0.2, -0.15) is 0 Å². The highest BCUT2D eigenvalue weighted by Gasteiger charge is 2.45. The summed E-state index contributed by atoms with van der Waals surface area (Å²) in [6, 6.07) is 2.95. The molecular formula is C16H26N2S. The second-order valence-corrected chi connectivity index (χ2v) is 7.55. The molecule has 2 aliphatic rings. The van der Waals surface area contributed by atoms with Crippen molar-refractivity contribution in [1.82, 2.24) is 10.2 Å². The maximum atomic E-state index is 3.81. The molecule has 1 aromatic heterocycles. The smallest absolute Gasteiger partial charge is 0.0334 e. The third-order valence-corrected chi connectivity index (χ3v) is 5.95. The van der Waals surface area contributed by atoms with Gasteiger partial charge in [0.2, 0.25) is 0 Å². The Hall–Kier alpha value is -0.380. The number of hydrogen-bond acceptors (Lipinski definition) is 3. The van der Waals surface area contributed by atoms with Crippen molar-refractivity contribution in [2.45, 2.75) is 58.2 Å². The van der Waals surface area contributed by atoms with E-state index in [1.807, 2.05) is 11.3 Å². The standard InChI is InChI=1S/C16H26N2S/c1-4-13-7-8-19-15(13)10-18-11-16(3,14-5-6-14)17-9-12(18)2/h7-8,12,14,17H,4-6,9-11H2,1-3H3. The number of nitrogens with one attached hydrogen (secondary N) is 1. The molecular weight excluding hydrogens is 252 g/mol. The Morgan fingerprint density at radius 1 is 1.47 bits per heavy atom. The monoisotopic (exact) mass is 278 g/mol. The van der Waals surface area contributed by atoms with Crippen LogP contribution in [0.15, 0.2) is 11.4 Å². The number of aryl methyl sites for hydroxylation is 1. The van der Waals surface area contributed by atoms with E-state index in [0.29, 0.717) is 11.6 Å². The highest BCUT2D eigenvalue weighted by atomic mass is 32.1. The third kappa shape index (κ3) is 2.74. The van der Waals surface area contributed by atoms with Crippen molar-refractivity contribution in [2.75, 3.05) is 13.1 Å². The lowest BCUT2D eigenvalue weighted by Gasteiger charge is -2.45. The van der Waals surface area contributed by atoms with Crippen molar-refractivity contribution in [2.24, 2.45) is 5.92 Å². The molecule has 2 fully saturated rings. The van der Waals surface area contributed by atoms with Crippen LogP contribution in [-0.2, 0) is 13.0 Å². The van der Waals surface area contributed by atoms with Gasteiger partial charge < -0.3 is 5.32 Å². The normalized spacial score (nSPS) is 32.7. The van der Waals surface area contributed by atoms with Crippen LogP contribution in [0.5, 0.6) is 0 Å². The summed E-state index contributed by atoms with van der Waals surface area (Å²) in [6.07, 6.45) is 4.01. The molecule has 0 bridgehead atoms. The van der Waals surface area contributed by atoms with Gasteiger partial charge in [0.05, 0.1) is 0 Å². The summed E-state index contributed by atoms with van der Waals surface area (Å²) < 4.78 is 0. The molecule has 1 saturated heterocycles. The van der Waals surface area contributed by atoms with Crippen molar-refractivity contribution in [3.63, 3.8) is 0 Å². The summed E-state index contributed by atoms with van der Waals surface area (Å²) in [5.41, 5.74) is 1.90. The van der Waals surface area contributed by atoms with Crippen LogP contribution in [0.25, 0.3) is 0 Å². The zero-order valence-electron chi connectivity index (χ0n) is 12.4. The van der Waals surface area contributed by atoms with Gasteiger partial charge in [-0.15, -0.1) is 11.3 Å². The van der Waals surface area contributed by atoms with Crippen molar-refractivity contribution < 1.29 is 0 Å². The van der Waals surface area contributed by atoms with Crippen LogP contribution in [0.2, 0.25) is 0 Å². The van der Waals surface area contributed by atoms with Crippen LogP contribution in [0.3, 0.4) is 0 Å². The summed E-state index contributed by atoms with van der Waals surface area (Å²) in [7, 11) is 0. The molecule has 3 heteroatoms. The molecule has 2 nitrogen and oxygen atoms in total. The molecule has 1 aliphatic carbocycles. The van der Waals surface area contributed by atoms with Crippen molar-refractivity contribution in [1.29, 1.82) is 0 Å². The Balaban J connectivity index is 1.71. The Labute approximate surface area is 121 Å². The zero-order chi connectivity index (χ0) is 13.5. The third-order valence-electron chi connectivity index (χ3n) is 5.00. The fraction of sp³-hybridized carbons (Fsp3) is 0.750. The molecule has 1 saturated carbocycles. The lowest BCUT2D eigenvalue weighted by atomic mass is 9.91. The van der Waals surface area contributed by atoms with Gasteiger partial charge in [0.25, 0.3) is 0 Å². The highest BCUT2D eigenvalue weighted by molar-refractivity contribution is 7.10. The second kappa shape index (κ2) is 5.19. The first-order valence-corrected chi connectivity index (χ1v) is 8.54. The van der Waals surface area contributed by atoms with Gasteiger partial charge in [0, 0.05) is 36.1 Å². The molecule has 0 amide bonds. The predicted octanol–water partition coefficient (Wildman–Crippen LogP) is 3.27. The van der Waals surface area contributed by atoms with Crippen LogP contribution in [0, 0.1) is 5.92 Å². The minimum Gasteiger partial charge on any atom is -0.308 e. The maximum absolute atomic E-state index is 3.81. The Bertz CT molecular complexity index is 438. The van der Waals surface area contributed by atoms with Crippen LogP contribution < -0.4 is 5.32 Å². The average Bonchev–Trinajstić information content (AvgIpc) is 3.16. The highest BCUT2D eigenvalue weighted by Crippen LogP contribution is 2.41. The van der Waals surface area contributed by atoms with Crippen LogP contribution in [-0.4, -0.2) is 29.6 Å². The first kappa shape index (κ1) is 13.6.